The average Bonchev–Trinajstić information content (AvgIpc) is 2.48. The fourth-order valence-corrected chi connectivity index (χ4v) is 1.31. The molecule has 1 aromatic heterocycles. The number of nitrogens with two attached hydrogens (primary N) is 1. The van der Waals surface area contributed by atoms with Crippen molar-refractivity contribution in [3.8, 4) is 0 Å². The zero-order chi connectivity index (χ0) is 9.42. The molecule has 0 amide bonds. The molecule has 0 fully saturated rings. The van der Waals surface area contributed by atoms with Gasteiger partial charge in [-0.05, 0) is 6.07 Å². The Morgan fingerprint density at radius 1 is 1.54 bits per heavy atom. The quantitative estimate of drug-likeness (QED) is 0.736. The highest BCUT2D eigenvalue weighted by molar-refractivity contribution is 6.31. The number of rotatable bonds is 1. The Balaban J connectivity index is 2.70. The van der Waals surface area contributed by atoms with Gasteiger partial charge >= 0.3 is 0 Å². The summed E-state index contributed by atoms with van der Waals surface area (Å²) in [5.41, 5.74) is 6.61. The van der Waals surface area contributed by atoms with Gasteiger partial charge < -0.3 is 10.7 Å². The molecule has 0 aliphatic rings. The Morgan fingerprint density at radius 3 is 3.00 bits per heavy atom. The van der Waals surface area contributed by atoms with Crippen molar-refractivity contribution in [1.82, 2.24) is 9.97 Å². The normalized spacial score (nSPS) is 11.0. The van der Waals surface area contributed by atoms with Crippen molar-refractivity contribution in [1.29, 1.82) is 0 Å². The zero-order valence-corrected chi connectivity index (χ0v) is 7.40. The molecule has 68 valence electrons. The van der Waals surface area contributed by atoms with E-state index in [0.29, 0.717) is 23.4 Å². The van der Waals surface area contributed by atoms with Gasteiger partial charge in [0.15, 0.2) is 0 Å². The molecule has 1 heterocycles. The lowest BCUT2D eigenvalue weighted by atomic mass is 10.3. The van der Waals surface area contributed by atoms with E-state index in [2.05, 4.69) is 9.97 Å². The monoisotopic (exact) mass is 199 g/mol. The number of halogens is 2. The standard InChI is InChI=1S/C8H7ClFN3/c9-4-1-6-7(2-5(4)10)13-8(3-11)12-6/h1-2H,3,11H2,(H,12,13). The number of fused-ring (bicyclic) bond motifs is 1. The minimum atomic E-state index is -0.457. The van der Waals surface area contributed by atoms with Gasteiger partial charge in [0.1, 0.15) is 11.6 Å². The number of nitrogens with one attached hydrogen (secondary N) is 1. The smallest absolute Gasteiger partial charge is 0.144 e. The van der Waals surface area contributed by atoms with Crippen LogP contribution in [0.15, 0.2) is 12.1 Å². The maximum atomic E-state index is 13.0. The number of benzene rings is 1. The minimum Gasteiger partial charge on any atom is -0.341 e. The van der Waals surface area contributed by atoms with E-state index in [1.165, 1.54) is 12.1 Å². The van der Waals surface area contributed by atoms with Crippen molar-refractivity contribution in [3.63, 3.8) is 0 Å². The fraction of sp³-hybridized carbons (Fsp3) is 0.125. The molecule has 0 radical (unpaired) electrons. The summed E-state index contributed by atoms with van der Waals surface area (Å²) in [5, 5.41) is 0.0718. The summed E-state index contributed by atoms with van der Waals surface area (Å²) in [6.07, 6.45) is 0. The van der Waals surface area contributed by atoms with Crippen LogP contribution in [0.3, 0.4) is 0 Å². The molecule has 0 aliphatic heterocycles. The van der Waals surface area contributed by atoms with Crippen LogP contribution in [0, 0.1) is 5.82 Å². The Hall–Kier alpha value is -1.13. The molecule has 2 aromatic rings. The SMILES string of the molecule is NCc1nc2cc(Cl)c(F)cc2[nH]1. The molecule has 0 aliphatic carbocycles. The van der Waals surface area contributed by atoms with Gasteiger partial charge in [0, 0.05) is 6.07 Å². The highest BCUT2D eigenvalue weighted by atomic mass is 35.5. The molecule has 0 unspecified atom stereocenters. The third-order valence-corrected chi connectivity index (χ3v) is 2.06. The van der Waals surface area contributed by atoms with Crippen LogP contribution in [0.5, 0.6) is 0 Å². The molecule has 0 bridgehead atoms. The summed E-state index contributed by atoms with van der Waals surface area (Å²) in [6, 6.07) is 2.78. The largest absolute Gasteiger partial charge is 0.341 e. The molecule has 2 rings (SSSR count). The van der Waals surface area contributed by atoms with Crippen LogP contribution in [0.2, 0.25) is 5.02 Å². The van der Waals surface area contributed by atoms with Gasteiger partial charge in [-0.1, -0.05) is 11.6 Å². The molecule has 1 aromatic carbocycles. The van der Waals surface area contributed by atoms with Crippen molar-refractivity contribution >= 4 is 22.6 Å². The van der Waals surface area contributed by atoms with Crippen molar-refractivity contribution in [2.75, 3.05) is 0 Å². The second-order valence-electron chi connectivity index (χ2n) is 2.67. The van der Waals surface area contributed by atoms with Crippen LogP contribution < -0.4 is 5.73 Å². The highest BCUT2D eigenvalue weighted by Crippen LogP contribution is 2.20. The third-order valence-electron chi connectivity index (χ3n) is 1.77. The Bertz CT molecular complexity index is 413. The summed E-state index contributed by atoms with van der Waals surface area (Å²) in [6.45, 7) is 0.300. The van der Waals surface area contributed by atoms with E-state index in [0.717, 1.165) is 0 Å². The van der Waals surface area contributed by atoms with Crippen LogP contribution in [0.25, 0.3) is 11.0 Å². The number of H-pyrrole nitrogens is 1. The Labute approximate surface area is 78.7 Å². The second-order valence-corrected chi connectivity index (χ2v) is 3.08. The molecule has 0 atom stereocenters. The maximum Gasteiger partial charge on any atom is 0.144 e. The van der Waals surface area contributed by atoms with Crippen LogP contribution in [-0.4, -0.2) is 9.97 Å². The van der Waals surface area contributed by atoms with Gasteiger partial charge in [0.25, 0.3) is 0 Å². The summed E-state index contributed by atoms with van der Waals surface area (Å²) in [4.78, 5) is 6.98. The van der Waals surface area contributed by atoms with Gasteiger partial charge in [-0.15, -0.1) is 0 Å². The highest BCUT2D eigenvalue weighted by Gasteiger charge is 2.06. The van der Waals surface area contributed by atoms with Gasteiger partial charge in [-0.3, -0.25) is 0 Å². The van der Waals surface area contributed by atoms with Gasteiger partial charge in [0.2, 0.25) is 0 Å². The maximum absolute atomic E-state index is 13.0. The van der Waals surface area contributed by atoms with Crippen LogP contribution >= 0.6 is 11.6 Å². The summed E-state index contributed by atoms with van der Waals surface area (Å²) in [7, 11) is 0. The lowest BCUT2D eigenvalue weighted by Gasteiger charge is -1.91. The number of hydrogen-bond acceptors (Lipinski definition) is 2. The number of nitrogens with zero attached hydrogens (tertiary/aromatic N) is 1. The second kappa shape index (κ2) is 2.97. The third kappa shape index (κ3) is 1.38. The number of hydrogen-bond donors (Lipinski definition) is 2. The van der Waals surface area contributed by atoms with Crippen molar-refractivity contribution in [3.05, 3.63) is 28.8 Å². The number of aromatic nitrogens is 2. The molecule has 5 heteroatoms. The molecular weight excluding hydrogens is 193 g/mol. The number of aromatic amines is 1. The topological polar surface area (TPSA) is 54.7 Å². The molecule has 3 nitrogen and oxygen atoms in total. The molecule has 13 heavy (non-hydrogen) atoms. The van der Waals surface area contributed by atoms with E-state index in [-0.39, 0.29) is 5.02 Å². The Kier molecular flexibility index (Phi) is 1.94. The van der Waals surface area contributed by atoms with Gasteiger partial charge in [-0.25, -0.2) is 9.37 Å². The first-order valence-corrected chi connectivity index (χ1v) is 4.12. The zero-order valence-electron chi connectivity index (χ0n) is 6.64. The minimum absolute atomic E-state index is 0.0718. The average molecular weight is 200 g/mol. The first-order valence-electron chi connectivity index (χ1n) is 3.74. The fourth-order valence-electron chi connectivity index (χ4n) is 1.15. The molecular formula is C8H7ClFN3. The molecule has 0 saturated carbocycles. The van der Waals surface area contributed by atoms with Crippen LogP contribution in [-0.2, 0) is 6.54 Å². The predicted octanol–water partition coefficient (Wildman–Crippen LogP) is 1.81. The molecule has 0 saturated heterocycles. The van der Waals surface area contributed by atoms with E-state index < -0.39 is 5.82 Å². The van der Waals surface area contributed by atoms with Crippen LogP contribution in [0.1, 0.15) is 5.82 Å². The Morgan fingerprint density at radius 2 is 2.31 bits per heavy atom. The number of imidazole rings is 1. The lowest BCUT2D eigenvalue weighted by Crippen LogP contribution is -1.97. The van der Waals surface area contributed by atoms with E-state index >= 15 is 0 Å². The van der Waals surface area contributed by atoms with E-state index in [1.54, 1.807) is 0 Å². The van der Waals surface area contributed by atoms with E-state index in [4.69, 9.17) is 17.3 Å². The van der Waals surface area contributed by atoms with E-state index in [9.17, 15) is 4.39 Å². The first kappa shape index (κ1) is 8.47. The summed E-state index contributed by atoms with van der Waals surface area (Å²) in [5.74, 6) is 0.165. The summed E-state index contributed by atoms with van der Waals surface area (Å²) < 4.78 is 13.0. The van der Waals surface area contributed by atoms with Crippen molar-refractivity contribution in [2.24, 2.45) is 5.73 Å². The molecule has 3 N–H and O–H groups in total. The molecule has 0 spiro atoms. The van der Waals surface area contributed by atoms with Gasteiger partial charge in [0.05, 0.1) is 22.6 Å². The predicted molar refractivity (Wildman–Crippen MR) is 49.0 cm³/mol. The van der Waals surface area contributed by atoms with E-state index in [1.807, 2.05) is 0 Å². The first-order chi connectivity index (χ1) is 6.20. The lowest BCUT2D eigenvalue weighted by molar-refractivity contribution is 0.630. The van der Waals surface area contributed by atoms with Crippen molar-refractivity contribution < 1.29 is 4.39 Å². The summed E-state index contributed by atoms with van der Waals surface area (Å²) >= 11 is 5.58. The van der Waals surface area contributed by atoms with Crippen LogP contribution in [0.4, 0.5) is 4.39 Å². The van der Waals surface area contributed by atoms with Crippen molar-refractivity contribution in [2.45, 2.75) is 6.54 Å². The van der Waals surface area contributed by atoms with Gasteiger partial charge in [-0.2, -0.15) is 0 Å².